The number of nitrogens with zero attached hydrogens (tertiary/aromatic N) is 1. The van der Waals surface area contributed by atoms with E-state index in [0.717, 1.165) is 48.3 Å². The van der Waals surface area contributed by atoms with Crippen molar-refractivity contribution in [2.24, 2.45) is 11.7 Å². The van der Waals surface area contributed by atoms with Gasteiger partial charge in [0.05, 0.1) is 6.04 Å². The fourth-order valence-electron chi connectivity index (χ4n) is 3.45. The fourth-order valence-corrected chi connectivity index (χ4v) is 3.45. The quantitative estimate of drug-likeness (QED) is 0.871. The van der Waals surface area contributed by atoms with Crippen LogP contribution in [0, 0.1) is 5.92 Å². The Balaban J connectivity index is 1.41. The summed E-state index contributed by atoms with van der Waals surface area (Å²) in [5.41, 5.74) is 9.91. The fraction of sp³-hybridized carbons (Fsp3) is 0.333. The van der Waals surface area contributed by atoms with E-state index in [0.29, 0.717) is 6.42 Å². The molecule has 0 saturated heterocycles. The van der Waals surface area contributed by atoms with Crippen molar-refractivity contribution in [1.82, 2.24) is 0 Å². The van der Waals surface area contributed by atoms with Crippen LogP contribution in [0.3, 0.4) is 0 Å². The maximum absolute atomic E-state index is 12.4. The number of fused-ring (bicyclic) bond motifs is 1. The number of carbonyl (C=O) groups excluding carboxylic acids is 2. The first kappa shape index (κ1) is 16.8. The maximum Gasteiger partial charge on any atom is 0.241 e. The molecule has 0 spiro atoms. The zero-order chi connectivity index (χ0) is 18.1. The molecule has 2 aromatic carbocycles. The lowest BCUT2D eigenvalue weighted by atomic mass is 10.1. The van der Waals surface area contributed by atoms with E-state index in [1.165, 1.54) is 0 Å². The number of carbonyl (C=O) groups is 2. The van der Waals surface area contributed by atoms with Gasteiger partial charge in [-0.2, -0.15) is 0 Å². The first-order valence-corrected chi connectivity index (χ1v) is 9.16. The summed E-state index contributed by atoms with van der Waals surface area (Å²) in [5, 5.41) is 2.90. The predicted octanol–water partition coefficient (Wildman–Crippen LogP) is 2.49. The Morgan fingerprint density at radius 2 is 1.92 bits per heavy atom. The minimum absolute atomic E-state index is 0.197. The van der Waals surface area contributed by atoms with Gasteiger partial charge in [0.2, 0.25) is 11.8 Å². The molecule has 2 amide bonds. The van der Waals surface area contributed by atoms with Crippen LogP contribution in [0.4, 0.5) is 11.4 Å². The number of anilines is 2. The van der Waals surface area contributed by atoms with E-state index in [2.05, 4.69) is 5.32 Å². The highest BCUT2D eigenvalue weighted by molar-refractivity contribution is 5.99. The maximum atomic E-state index is 12.4. The summed E-state index contributed by atoms with van der Waals surface area (Å²) >= 11 is 0. The number of benzene rings is 2. The lowest BCUT2D eigenvalue weighted by Gasteiger charge is -2.17. The normalized spacial score (nSPS) is 16.9. The molecule has 2 aliphatic rings. The topological polar surface area (TPSA) is 75.4 Å². The van der Waals surface area contributed by atoms with Crippen molar-refractivity contribution in [3.05, 3.63) is 59.7 Å². The number of nitrogens with two attached hydrogens (primary N) is 1. The van der Waals surface area contributed by atoms with E-state index >= 15 is 0 Å². The number of hydrogen-bond donors (Lipinski definition) is 2. The Bertz CT molecular complexity index is 830. The van der Waals surface area contributed by atoms with Gasteiger partial charge >= 0.3 is 0 Å². The van der Waals surface area contributed by atoms with E-state index in [9.17, 15) is 9.59 Å². The monoisotopic (exact) mass is 349 g/mol. The van der Waals surface area contributed by atoms with E-state index in [-0.39, 0.29) is 17.7 Å². The molecule has 26 heavy (non-hydrogen) atoms. The zero-order valence-corrected chi connectivity index (χ0v) is 14.7. The molecule has 1 saturated carbocycles. The molecule has 2 aromatic rings. The molecule has 0 unspecified atom stereocenters. The third-order valence-corrected chi connectivity index (χ3v) is 5.07. The molecule has 1 aliphatic carbocycles. The number of amides is 2. The highest BCUT2D eigenvalue weighted by Crippen LogP contribution is 2.37. The van der Waals surface area contributed by atoms with Crippen molar-refractivity contribution in [2.75, 3.05) is 16.8 Å². The minimum Gasteiger partial charge on any atom is -0.325 e. The van der Waals surface area contributed by atoms with Crippen molar-refractivity contribution >= 4 is 23.2 Å². The second-order valence-corrected chi connectivity index (χ2v) is 7.14. The Morgan fingerprint density at radius 3 is 2.65 bits per heavy atom. The SMILES string of the molecule is N[C@@H](Cc1ccccc1)C(=O)Nc1ccc2c(c1)CCN2C(=O)C1CC1. The van der Waals surface area contributed by atoms with Gasteiger partial charge in [-0.15, -0.1) is 0 Å². The van der Waals surface area contributed by atoms with Crippen molar-refractivity contribution < 1.29 is 9.59 Å². The first-order chi connectivity index (χ1) is 12.6. The standard InChI is InChI=1S/C21H23N3O2/c22-18(12-14-4-2-1-3-5-14)20(25)23-17-8-9-19-16(13-17)10-11-24(19)21(26)15-6-7-15/h1-5,8-9,13,15,18H,6-7,10-12,22H2,(H,23,25)/t18-/m0/s1. The van der Waals surface area contributed by atoms with Crippen molar-refractivity contribution in [1.29, 1.82) is 0 Å². The van der Waals surface area contributed by atoms with E-state index in [1.807, 2.05) is 53.4 Å². The van der Waals surface area contributed by atoms with Gasteiger partial charge in [0.1, 0.15) is 0 Å². The van der Waals surface area contributed by atoms with Crippen molar-refractivity contribution in [3.8, 4) is 0 Å². The summed E-state index contributed by atoms with van der Waals surface area (Å²) in [4.78, 5) is 26.6. The third-order valence-electron chi connectivity index (χ3n) is 5.07. The van der Waals surface area contributed by atoms with Crippen LogP contribution in [0.25, 0.3) is 0 Å². The van der Waals surface area contributed by atoms with Crippen LogP contribution < -0.4 is 16.0 Å². The molecule has 4 rings (SSSR count). The summed E-state index contributed by atoms with van der Waals surface area (Å²) in [6, 6.07) is 14.9. The summed E-state index contributed by atoms with van der Waals surface area (Å²) < 4.78 is 0. The molecule has 1 aliphatic heterocycles. The highest BCUT2D eigenvalue weighted by Gasteiger charge is 2.36. The van der Waals surface area contributed by atoms with Crippen LogP contribution in [-0.2, 0) is 22.4 Å². The highest BCUT2D eigenvalue weighted by atomic mass is 16.2. The van der Waals surface area contributed by atoms with Gasteiger partial charge in [0, 0.05) is 23.8 Å². The number of nitrogens with one attached hydrogen (secondary N) is 1. The molecular weight excluding hydrogens is 326 g/mol. The van der Waals surface area contributed by atoms with Crippen LogP contribution in [0.1, 0.15) is 24.0 Å². The average molecular weight is 349 g/mol. The largest absolute Gasteiger partial charge is 0.325 e. The predicted molar refractivity (Wildman–Crippen MR) is 102 cm³/mol. The number of rotatable bonds is 5. The first-order valence-electron chi connectivity index (χ1n) is 9.16. The second-order valence-electron chi connectivity index (χ2n) is 7.14. The third kappa shape index (κ3) is 3.48. The van der Waals surface area contributed by atoms with Crippen molar-refractivity contribution in [3.63, 3.8) is 0 Å². The van der Waals surface area contributed by atoms with Crippen molar-refractivity contribution in [2.45, 2.75) is 31.7 Å². The molecule has 1 heterocycles. The van der Waals surface area contributed by atoms with Gasteiger partial charge in [-0.25, -0.2) is 0 Å². The van der Waals surface area contributed by atoms with Gasteiger partial charge in [0.25, 0.3) is 0 Å². The Kier molecular flexibility index (Phi) is 4.47. The lowest BCUT2D eigenvalue weighted by molar-refractivity contribution is -0.119. The van der Waals surface area contributed by atoms with Crippen LogP contribution in [-0.4, -0.2) is 24.4 Å². The van der Waals surface area contributed by atoms with Gasteiger partial charge in [-0.1, -0.05) is 30.3 Å². The minimum atomic E-state index is -0.599. The van der Waals surface area contributed by atoms with Crippen LogP contribution in [0.15, 0.2) is 48.5 Å². The molecule has 3 N–H and O–H groups in total. The smallest absolute Gasteiger partial charge is 0.241 e. The molecule has 1 atom stereocenters. The van der Waals surface area contributed by atoms with Gasteiger partial charge in [-0.05, 0) is 55.0 Å². The number of hydrogen-bond acceptors (Lipinski definition) is 3. The second kappa shape index (κ2) is 6.92. The Morgan fingerprint density at radius 1 is 1.15 bits per heavy atom. The summed E-state index contributed by atoms with van der Waals surface area (Å²) in [5.74, 6) is 0.263. The molecular formula is C21H23N3O2. The van der Waals surface area contributed by atoms with Gasteiger partial charge in [-0.3, -0.25) is 9.59 Å². The lowest BCUT2D eigenvalue weighted by Crippen LogP contribution is -2.37. The molecule has 0 radical (unpaired) electrons. The Hall–Kier alpha value is -2.66. The average Bonchev–Trinajstić information content (AvgIpc) is 3.41. The molecule has 5 nitrogen and oxygen atoms in total. The van der Waals surface area contributed by atoms with E-state index in [4.69, 9.17) is 5.73 Å². The van der Waals surface area contributed by atoms with Crippen LogP contribution in [0.2, 0.25) is 0 Å². The van der Waals surface area contributed by atoms with E-state index < -0.39 is 6.04 Å². The zero-order valence-electron chi connectivity index (χ0n) is 14.7. The molecule has 0 aromatic heterocycles. The van der Waals surface area contributed by atoms with Crippen LogP contribution in [0.5, 0.6) is 0 Å². The van der Waals surface area contributed by atoms with Crippen LogP contribution >= 0.6 is 0 Å². The molecule has 1 fully saturated rings. The molecule has 0 bridgehead atoms. The summed E-state index contributed by atoms with van der Waals surface area (Å²) in [6.45, 7) is 0.732. The molecule has 134 valence electrons. The summed E-state index contributed by atoms with van der Waals surface area (Å²) in [6.07, 6.45) is 3.35. The summed E-state index contributed by atoms with van der Waals surface area (Å²) in [7, 11) is 0. The van der Waals surface area contributed by atoms with Gasteiger partial charge < -0.3 is 16.0 Å². The molecule has 5 heteroatoms. The Labute approximate surface area is 153 Å². The van der Waals surface area contributed by atoms with E-state index in [1.54, 1.807) is 0 Å². The van der Waals surface area contributed by atoms with Gasteiger partial charge in [0.15, 0.2) is 0 Å².